The van der Waals surface area contributed by atoms with Gasteiger partial charge in [0.1, 0.15) is 0 Å². The molecule has 0 aliphatic carbocycles. The predicted molar refractivity (Wildman–Crippen MR) is 25.3 cm³/mol. The van der Waals surface area contributed by atoms with Crippen LogP contribution in [-0.2, 0) is 0 Å². The van der Waals surface area contributed by atoms with Gasteiger partial charge in [0.25, 0.3) is 0 Å². The van der Waals surface area contributed by atoms with Gasteiger partial charge in [-0.05, 0) is 9.91 Å². The third-order valence-corrected chi connectivity index (χ3v) is 0.957. The van der Waals surface area contributed by atoms with Gasteiger partial charge in [0, 0.05) is 0 Å². The van der Waals surface area contributed by atoms with Crippen LogP contribution in [0.3, 0.4) is 0 Å². The predicted octanol–water partition coefficient (Wildman–Crippen LogP) is 0.424. The van der Waals surface area contributed by atoms with Crippen molar-refractivity contribution < 1.29 is 9.66 Å². The van der Waals surface area contributed by atoms with Gasteiger partial charge in [0.05, 0.1) is 0 Å². The van der Waals surface area contributed by atoms with Crippen LogP contribution in [0.25, 0.3) is 0 Å². The molecule has 6 heteroatoms. The van der Waals surface area contributed by atoms with Crippen LogP contribution in [0, 0.1) is 10.1 Å². The molecule has 6 nitrogen and oxygen atoms in total. The summed E-state index contributed by atoms with van der Waals surface area (Å²) in [5, 5.41) is 9.90. The molecule has 0 unspecified atom stereocenters. The summed E-state index contributed by atoms with van der Waals surface area (Å²) in [7, 11) is 0. The van der Waals surface area contributed by atoms with Crippen LogP contribution < -0.4 is 4.74 Å². The van der Waals surface area contributed by atoms with Crippen LogP contribution in [0.4, 0.5) is 5.95 Å². The Morgan fingerprint density at radius 3 is 2.89 bits per heavy atom. The minimum atomic E-state index is -0.602. The van der Waals surface area contributed by atoms with Crippen molar-refractivity contribution >= 4 is 5.95 Å². The molecule has 1 aliphatic rings. The molecule has 0 aromatic carbocycles. The van der Waals surface area contributed by atoms with Crippen LogP contribution in [0.2, 0.25) is 0 Å². The van der Waals surface area contributed by atoms with Crippen molar-refractivity contribution in [2.75, 3.05) is 0 Å². The molecule has 2 rings (SSSR count). The maximum atomic E-state index is 9.90. The molecule has 9 heavy (non-hydrogen) atoms. The fourth-order valence-corrected chi connectivity index (χ4v) is 0.536. The van der Waals surface area contributed by atoms with E-state index in [1.165, 1.54) is 0 Å². The van der Waals surface area contributed by atoms with Gasteiger partial charge in [-0.15, -0.1) is 0 Å². The lowest BCUT2D eigenvalue weighted by Gasteiger charge is -1.85. The normalized spacial score (nSPS) is 12.0. The lowest BCUT2D eigenvalue weighted by atomic mass is 11.0. The molecule has 1 aliphatic heterocycles. The minimum absolute atomic E-state index is 0.258. The van der Waals surface area contributed by atoms with Gasteiger partial charge in [0.2, 0.25) is 0 Å². The molecule has 0 bridgehead atoms. The molecule has 0 atom stereocenters. The minimum Gasteiger partial charge on any atom is -0.390 e. The Balaban J connectivity index is 2.45. The van der Waals surface area contributed by atoms with E-state index in [9.17, 15) is 10.1 Å². The number of imidazole rings is 1. The highest BCUT2D eigenvalue weighted by Crippen LogP contribution is 2.43. The van der Waals surface area contributed by atoms with Gasteiger partial charge in [0.15, 0.2) is 0 Å². The highest BCUT2D eigenvalue weighted by atomic mass is 16.6. The molecular weight excluding hydrogens is 126 g/mol. The lowest BCUT2D eigenvalue weighted by Crippen LogP contribution is -1.90. The van der Waals surface area contributed by atoms with Gasteiger partial charge in [-0.1, -0.05) is 0 Å². The van der Waals surface area contributed by atoms with E-state index in [-0.39, 0.29) is 5.95 Å². The summed E-state index contributed by atoms with van der Waals surface area (Å²) in [6, 6.07) is 0. The third-order valence-electron chi connectivity index (χ3n) is 0.957. The largest absolute Gasteiger partial charge is 0.439 e. The van der Waals surface area contributed by atoms with Crippen LogP contribution >= 0.6 is 0 Å². The summed E-state index contributed by atoms with van der Waals surface area (Å²) in [5.74, 6) is 0.481. The van der Waals surface area contributed by atoms with E-state index >= 15 is 0 Å². The number of hydrogen-bond acceptors (Lipinski definition) is 4. The number of rotatable bonds is 1. The Morgan fingerprint density at radius 2 is 2.56 bits per heavy atom. The van der Waals surface area contributed by atoms with Crippen LogP contribution in [0.1, 0.15) is 0 Å². The Labute approximate surface area is 48.6 Å². The lowest BCUT2D eigenvalue weighted by molar-refractivity contribution is -0.394. The molecule has 1 N–H and O–H groups in total. The summed E-state index contributed by atoms with van der Waals surface area (Å²) in [5.41, 5.74) is 0. The Morgan fingerprint density at radius 1 is 1.78 bits per heavy atom. The van der Waals surface area contributed by atoms with E-state index in [1.54, 1.807) is 0 Å². The first-order valence-corrected chi connectivity index (χ1v) is 2.19. The number of hydrogen-bond donors (Lipinski definition) is 1. The molecule has 1 aromatic heterocycles. The van der Waals surface area contributed by atoms with Gasteiger partial charge in [-0.2, -0.15) is 0 Å². The SMILES string of the molecule is O=[N+]([O-])c1nc2c([nH]1)O2. The number of ether oxygens (including phenoxy) is 1. The Hall–Kier alpha value is -1.59. The van der Waals surface area contributed by atoms with Gasteiger partial charge >= 0.3 is 17.7 Å². The Kier molecular flexibility index (Phi) is 0.499. The first kappa shape index (κ1) is 4.30. The number of aromatic amines is 1. The van der Waals surface area contributed by atoms with Crippen molar-refractivity contribution in [1.29, 1.82) is 0 Å². The molecule has 1 aromatic rings. The molecule has 0 fully saturated rings. The molecule has 2 heterocycles. The van der Waals surface area contributed by atoms with E-state index in [2.05, 4.69) is 14.7 Å². The zero-order chi connectivity index (χ0) is 6.43. The van der Waals surface area contributed by atoms with Gasteiger partial charge < -0.3 is 14.9 Å². The molecule has 0 radical (unpaired) electrons. The molecule has 0 spiro atoms. The summed E-state index contributed by atoms with van der Waals surface area (Å²) in [4.78, 5) is 15.1. The molecular formula is C3HN3O3. The average molecular weight is 127 g/mol. The van der Waals surface area contributed by atoms with Crippen molar-refractivity contribution in [3.63, 3.8) is 0 Å². The maximum Gasteiger partial charge on any atom is 0.439 e. The van der Waals surface area contributed by atoms with E-state index < -0.39 is 4.92 Å². The summed E-state index contributed by atoms with van der Waals surface area (Å²) < 4.78 is 4.56. The number of nitro groups is 1. The number of fused-ring (bicyclic) bond motifs is 1. The second-order valence-corrected chi connectivity index (χ2v) is 1.55. The highest BCUT2D eigenvalue weighted by molar-refractivity contribution is 5.46. The van der Waals surface area contributed by atoms with E-state index in [0.717, 1.165) is 0 Å². The zero-order valence-corrected chi connectivity index (χ0v) is 4.12. The van der Waals surface area contributed by atoms with Crippen molar-refractivity contribution in [2.24, 2.45) is 0 Å². The third kappa shape index (κ3) is 0.463. The smallest absolute Gasteiger partial charge is 0.390 e. The van der Waals surface area contributed by atoms with E-state index in [4.69, 9.17) is 0 Å². The van der Waals surface area contributed by atoms with Crippen molar-refractivity contribution in [3.05, 3.63) is 10.1 Å². The average Bonchev–Trinajstić information content (AvgIpc) is 2.40. The maximum absolute atomic E-state index is 9.90. The number of nitrogens with zero attached hydrogens (tertiary/aromatic N) is 2. The van der Waals surface area contributed by atoms with E-state index in [1.807, 2.05) is 0 Å². The number of nitrogens with one attached hydrogen (secondary N) is 1. The van der Waals surface area contributed by atoms with Gasteiger partial charge in [-0.3, -0.25) is 0 Å². The molecule has 0 saturated heterocycles. The topological polar surface area (TPSA) is 84.3 Å². The first-order valence-electron chi connectivity index (χ1n) is 2.19. The quantitative estimate of drug-likeness (QED) is 0.342. The second kappa shape index (κ2) is 1.04. The number of H-pyrrole nitrogens is 1. The fraction of sp³-hybridized carbons (Fsp3) is 0. The van der Waals surface area contributed by atoms with Crippen LogP contribution in [-0.4, -0.2) is 14.9 Å². The van der Waals surface area contributed by atoms with Crippen molar-refractivity contribution in [1.82, 2.24) is 9.97 Å². The van der Waals surface area contributed by atoms with Crippen LogP contribution in [0.15, 0.2) is 0 Å². The van der Waals surface area contributed by atoms with Crippen molar-refractivity contribution in [2.45, 2.75) is 0 Å². The highest BCUT2D eigenvalue weighted by Gasteiger charge is 2.36. The van der Waals surface area contributed by atoms with E-state index in [0.29, 0.717) is 11.8 Å². The second-order valence-electron chi connectivity index (χ2n) is 1.55. The monoisotopic (exact) mass is 127 g/mol. The van der Waals surface area contributed by atoms with Crippen molar-refractivity contribution in [3.8, 4) is 11.8 Å². The van der Waals surface area contributed by atoms with Gasteiger partial charge in [-0.25, -0.2) is 4.98 Å². The zero-order valence-electron chi connectivity index (χ0n) is 4.12. The summed E-state index contributed by atoms with van der Waals surface area (Å²) in [6.07, 6.45) is 0. The summed E-state index contributed by atoms with van der Waals surface area (Å²) >= 11 is 0. The fourth-order valence-electron chi connectivity index (χ4n) is 0.536. The standard InChI is InChI=1S/C3HN3O3/c7-6(8)3-4-1-2(5-3)9-1/h(H,4,5). The molecule has 0 amide bonds. The molecule has 46 valence electrons. The first-order chi connectivity index (χ1) is 4.27. The summed E-state index contributed by atoms with van der Waals surface area (Å²) in [6.45, 7) is 0. The Bertz CT molecular complexity index is 258. The molecule has 0 saturated carbocycles. The van der Waals surface area contributed by atoms with Crippen LogP contribution in [0.5, 0.6) is 11.8 Å². The number of aromatic nitrogens is 2.